The van der Waals surface area contributed by atoms with Crippen LogP contribution in [0.3, 0.4) is 0 Å². The van der Waals surface area contributed by atoms with Crippen molar-refractivity contribution in [3.8, 4) is 23.1 Å². The molecule has 0 aliphatic rings. The van der Waals surface area contributed by atoms with Crippen LogP contribution in [-0.4, -0.2) is 22.5 Å². The third kappa shape index (κ3) is 6.08. The maximum Gasteiger partial charge on any atom is 0.282 e. The van der Waals surface area contributed by atoms with Crippen molar-refractivity contribution in [1.82, 2.24) is 9.66 Å². The molecule has 0 amide bonds. The SMILES string of the molecule is CCOc1cc(C=Nn2c(-c3cc4ccccc4o3)nc3ccccc3c2=O)c(Br)c(Br)c1OCc1ccc(Br)cc1Br. The molecule has 2 aromatic heterocycles. The number of hydrogen-bond donors (Lipinski definition) is 0. The maximum atomic E-state index is 13.7. The smallest absolute Gasteiger partial charge is 0.282 e. The first-order valence-corrected chi connectivity index (χ1v) is 16.3. The molecule has 0 N–H and O–H groups in total. The summed E-state index contributed by atoms with van der Waals surface area (Å²) in [5.74, 6) is 1.78. The average molecular weight is 831 g/mol. The molecule has 0 unspecified atom stereocenters. The number of furan rings is 1. The van der Waals surface area contributed by atoms with Gasteiger partial charge in [-0.1, -0.05) is 68.3 Å². The Morgan fingerprint density at radius 3 is 2.51 bits per heavy atom. The highest BCUT2D eigenvalue weighted by Gasteiger charge is 2.19. The quantitative estimate of drug-likeness (QED) is 0.143. The van der Waals surface area contributed by atoms with E-state index in [0.29, 0.717) is 61.5 Å². The van der Waals surface area contributed by atoms with Gasteiger partial charge in [-0.2, -0.15) is 9.78 Å². The van der Waals surface area contributed by atoms with Gasteiger partial charge in [-0.25, -0.2) is 4.98 Å². The van der Waals surface area contributed by atoms with Crippen LogP contribution in [0.5, 0.6) is 11.5 Å². The van der Waals surface area contributed by atoms with Gasteiger partial charge in [0.2, 0.25) is 5.82 Å². The van der Waals surface area contributed by atoms with E-state index in [0.717, 1.165) is 19.9 Å². The van der Waals surface area contributed by atoms with Crippen LogP contribution in [0, 0.1) is 0 Å². The molecular weight excluding hydrogens is 810 g/mol. The van der Waals surface area contributed by atoms with Gasteiger partial charge in [0.1, 0.15) is 12.2 Å². The maximum absolute atomic E-state index is 13.7. The molecule has 43 heavy (non-hydrogen) atoms. The Kier molecular flexibility index (Phi) is 8.85. The molecular formula is C32H21Br4N3O4. The summed E-state index contributed by atoms with van der Waals surface area (Å²) in [6.45, 7) is 2.64. The van der Waals surface area contributed by atoms with Gasteiger partial charge in [0, 0.05) is 29.9 Å². The summed E-state index contributed by atoms with van der Waals surface area (Å²) < 4.78 is 22.7. The fraction of sp³-hybridized carbons (Fsp3) is 0.0938. The van der Waals surface area contributed by atoms with Crippen LogP contribution in [0.4, 0.5) is 0 Å². The summed E-state index contributed by atoms with van der Waals surface area (Å²) in [4.78, 5) is 18.5. The van der Waals surface area contributed by atoms with Gasteiger partial charge < -0.3 is 13.9 Å². The normalized spacial score (nSPS) is 11.6. The molecule has 6 aromatic rings. The van der Waals surface area contributed by atoms with E-state index in [-0.39, 0.29) is 11.4 Å². The Bertz CT molecular complexity index is 2060. The summed E-state index contributed by atoms with van der Waals surface area (Å²) >= 11 is 14.4. The molecule has 7 nitrogen and oxygen atoms in total. The standard InChI is InChI=1S/C32H21Br4N3O4/c1-2-41-26-14-20(28(35)29(36)30(26)42-17-19-11-12-21(33)15-23(19)34)16-37-39-31(27-13-18-7-3-6-10-25(18)43-27)38-24-9-5-4-8-22(24)32(39)40/h3-16H,2,17H2,1H3. The third-order valence-electron chi connectivity index (χ3n) is 6.55. The highest BCUT2D eigenvalue weighted by Crippen LogP contribution is 2.43. The summed E-state index contributed by atoms with van der Waals surface area (Å²) in [6.07, 6.45) is 1.58. The molecule has 0 fully saturated rings. The minimum atomic E-state index is -0.322. The van der Waals surface area contributed by atoms with Crippen LogP contribution in [0.1, 0.15) is 18.1 Å². The molecule has 0 bridgehead atoms. The minimum Gasteiger partial charge on any atom is -0.490 e. The molecule has 2 heterocycles. The zero-order valence-electron chi connectivity index (χ0n) is 22.5. The summed E-state index contributed by atoms with van der Waals surface area (Å²) in [6, 6.07) is 24.4. The number of nitrogens with zero attached hydrogens (tertiary/aromatic N) is 3. The second kappa shape index (κ2) is 12.8. The Morgan fingerprint density at radius 1 is 0.930 bits per heavy atom. The lowest BCUT2D eigenvalue weighted by Crippen LogP contribution is -2.20. The van der Waals surface area contributed by atoms with Crippen molar-refractivity contribution in [1.29, 1.82) is 0 Å². The largest absolute Gasteiger partial charge is 0.490 e. The van der Waals surface area contributed by atoms with Crippen molar-refractivity contribution >= 4 is 91.8 Å². The zero-order valence-corrected chi connectivity index (χ0v) is 28.8. The van der Waals surface area contributed by atoms with Gasteiger partial charge in [-0.3, -0.25) is 4.79 Å². The Morgan fingerprint density at radius 2 is 1.72 bits per heavy atom. The van der Waals surface area contributed by atoms with Crippen molar-refractivity contribution in [2.24, 2.45) is 5.10 Å². The molecule has 0 atom stereocenters. The highest BCUT2D eigenvalue weighted by atomic mass is 79.9. The first-order chi connectivity index (χ1) is 20.8. The van der Waals surface area contributed by atoms with E-state index in [1.165, 1.54) is 4.68 Å². The predicted octanol–water partition coefficient (Wildman–Crippen LogP) is 9.72. The van der Waals surface area contributed by atoms with Gasteiger partial charge in [0.05, 0.1) is 28.2 Å². The lowest BCUT2D eigenvalue weighted by Gasteiger charge is -2.17. The van der Waals surface area contributed by atoms with Gasteiger partial charge in [0.15, 0.2) is 17.3 Å². The first-order valence-electron chi connectivity index (χ1n) is 13.1. The number of benzene rings is 4. The summed E-state index contributed by atoms with van der Waals surface area (Å²) in [5, 5.41) is 5.96. The first kappa shape index (κ1) is 29.8. The van der Waals surface area contributed by atoms with E-state index in [2.05, 4.69) is 68.8 Å². The lowest BCUT2D eigenvalue weighted by atomic mass is 10.2. The monoisotopic (exact) mass is 827 g/mol. The average Bonchev–Trinajstić information content (AvgIpc) is 3.44. The second-order valence-electron chi connectivity index (χ2n) is 9.34. The molecule has 0 aliphatic carbocycles. The van der Waals surface area contributed by atoms with Crippen LogP contribution >= 0.6 is 63.7 Å². The van der Waals surface area contributed by atoms with Gasteiger partial charge >= 0.3 is 0 Å². The van der Waals surface area contributed by atoms with E-state index in [4.69, 9.17) is 18.9 Å². The Balaban J connectivity index is 1.43. The van der Waals surface area contributed by atoms with Crippen LogP contribution in [0.15, 0.2) is 111 Å². The van der Waals surface area contributed by atoms with Gasteiger partial charge in [-0.05, 0) is 81.2 Å². The molecule has 0 aliphatic heterocycles. The number of para-hydroxylation sites is 2. The number of aromatic nitrogens is 2. The van der Waals surface area contributed by atoms with Gasteiger partial charge in [0.25, 0.3) is 5.56 Å². The van der Waals surface area contributed by atoms with Crippen molar-refractivity contribution < 1.29 is 13.9 Å². The summed E-state index contributed by atoms with van der Waals surface area (Å²) in [5.41, 5.74) is 2.55. The van der Waals surface area contributed by atoms with E-state index >= 15 is 0 Å². The molecule has 0 saturated carbocycles. The Labute approximate surface area is 280 Å². The molecule has 4 aromatic carbocycles. The molecule has 0 spiro atoms. The van der Waals surface area contributed by atoms with E-state index in [1.807, 2.05) is 67.6 Å². The fourth-order valence-corrected chi connectivity index (χ4v) is 6.58. The topological polar surface area (TPSA) is 78.9 Å². The van der Waals surface area contributed by atoms with Crippen molar-refractivity contribution in [3.05, 3.63) is 118 Å². The van der Waals surface area contributed by atoms with Crippen molar-refractivity contribution in [3.63, 3.8) is 0 Å². The molecule has 11 heteroatoms. The minimum absolute atomic E-state index is 0.288. The van der Waals surface area contributed by atoms with E-state index in [9.17, 15) is 4.79 Å². The predicted molar refractivity (Wildman–Crippen MR) is 183 cm³/mol. The van der Waals surface area contributed by atoms with Crippen LogP contribution < -0.4 is 15.0 Å². The fourth-order valence-electron chi connectivity index (χ4n) is 4.49. The second-order valence-corrected chi connectivity index (χ2v) is 12.7. The Hall–Kier alpha value is -3.25. The summed E-state index contributed by atoms with van der Waals surface area (Å²) in [7, 11) is 0. The molecule has 6 rings (SSSR count). The number of ether oxygens (including phenoxy) is 2. The lowest BCUT2D eigenvalue weighted by molar-refractivity contribution is 0.267. The van der Waals surface area contributed by atoms with E-state index < -0.39 is 0 Å². The number of hydrogen-bond acceptors (Lipinski definition) is 6. The van der Waals surface area contributed by atoms with Crippen LogP contribution in [-0.2, 0) is 6.61 Å². The van der Waals surface area contributed by atoms with Crippen molar-refractivity contribution in [2.45, 2.75) is 13.5 Å². The number of fused-ring (bicyclic) bond motifs is 2. The third-order valence-corrected chi connectivity index (χ3v) is 9.93. The molecule has 0 saturated heterocycles. The number of halogens is 4. The highest BCUT2D eigenvalue weighted by molar-refractivity contribution is 9.13. The van der Waals surface area contributed by atoms with Crippen LogP contribution in [0.2, 0.25) is 0 Å². The van der Waals surface area contributed by atoms with E-state index in [1.54, 1.807) is 24.4 Å². The zero-order chi connectivity index (χ0) is 30.1. The number of rotatable bonds is 8. The molecule has 0 radical (unpaired) electrons. The van der Waals surface area contributed by atoms with Crippen molar-refractivity contribution in [2.75, 3.05) is 6.61 Å². The van der Waals surface area contributed by atoms with Gasteiger partial charge in [-0.15, -0.1) is 0 Å². The molecule has 216 valence electrons. The van der Waals surface area contributed by atoms with Crippen LogP contribution in [0.25, 0.3) is 33.5 Å².